The van der Waals surface area contributed by atoms with Gasteiger partial charge in [0, 0.05) is 6.54 Å². The van der Waals surface area contributed by atoms with E-state index in [0.29, 0.717) is 16.4 Å². The van der Waals surface area contributed by atoms with E-state index in [9.17, 15) is 14.0 Å². The second-order valence-electron chi connectivity index (χ2n) is 7.48. The maximum absolute atomic E-state index is 14.2. The first-order valence-electron chi connectivity index (χ1n) is 9.40. The summed E-state index contributed by atoms with van der Waals surface area (Å²) in [6.45, 7) is 3.42. The number of aromatic nitrogens is 3. The van der Waals surface area contributed by atoms with Crippen molar-refractivity contribution in [3.05, 3.63) is 57.1 Å². The average molecular weight is 416 g/mol. The molecule has 29 heavy (non-hydrogen) atoms. The summed E-state index contributed by atoms with van der Waals surface area (Å²) in [5.41, 5.74) is -1.16. The largest absolute Gasteiger partial charge is 0.445 e. The highest BCUT2D eigenvalue weighted by Gasteiger charge is 2.34. The van der Waals surface area contributed by atoms with Gasteiger partial charge >= 0.3 is 6.09 Å². The van der Waals surface area contributed by atoms with E-state index in [0.717, 1.165) is 18.4 Å². The van der Waals surface area contributed by atoms with E-state index in [2.05, 4.69) is 15.0 Å². The Morgan fingerprint density at radius 2 is 2.10 bits per heavy atom. The van der Waals surface area contributed by atoms with Crippen molar-refractivity contribution < 1.29 is 13.9 Å². The second-order valence-corrected chi connectivity index (χ2v) is 8.49. The lowest BCUT2D eigenvalue weighted by molar-refractivity contribution is 0.0920. The van der Waals surface area contributed by atoms with Crippen molar-refractivity contribution in [3.8, 4) is 0 Å². The lowest BCUT2D eigenvalue weighted by Crippen LogP contribution is -2.31. The lowest BCUT2D eigenvalue weighted by atomic mass is 10.1. The van der Waals surface area contributed by atoms with Crippen molar-refractivity contribution in [3.63, 3.8) is 0 Å². The number of rotatable bonds is 4. The van der Waals surface area contributed by atoms with Crippen molar-refractivity contribution in [1.82, 2.24) is 19.9 Å². The van der Waals surface area contributed by atoms with Crippen LogP contribution >= 0.6 is 11.3 Å². The third kappa shape index (κ3) is 4.00. The van der Waals surface area contributed by atoms with E-state index in [4.69, 9.17) is 4.74 Å². The number of benzene rings is 1. The van der Waals surface area contributed by atoms with Crippen LogP contribution in [0.1, 0.15) is 49.1 Å². The molecule has 4 rings (SSSR count). The van der Waals surface area contributed by atoms with Crippen molar-refractivity contribution in [1.29, 1.82) is 0 Å². The van der Waals surface area contributed by atoms with Crippen LogP contribution < -0.4 is 5.56 Å². The summed E-state index contributed by atoms with van der Waals surface area (Å²) in [6, 6.07) is 9.19. The van der Waals surface area contributed by atoms with Gasteiger partial charge in [-0.15, -0.1) is 0 Å². The molecule has 1 aromatic carbocycles. The van der Waals surface area contributed by atoms with Gasteiger partial charge in [-0.25, -0.2) is 19.2 Å². The molecule has 1 fully saturated rings. The number of H-pyrrole nitrogens is 1. The maximum Gasteiger partial charge on any atom is 0.410 e. The van der Waals surface area contributed by atoms with Crippen LogP contribution in [0.5, 0.6) is 0 Å². The molecule has 1 aliphatic heterocycles. The van der Waals surface area contributed by atoms with Crippen LogP contribution in [0.3, 0.4) is 0 Å². The highest BCUT2D eigenvalue weighted by Crippen LogP contribution is 2.36. The fourth-order valence-corrected chi connectivity index (χ4v) is 4.40. The van der Waals surface area contributed by atoms with Gasteiger partial charge in [0.05, 0.1) is 6.04 Å². The molecule has 2 aromatic heterocycles. The minimum absolute atomic E-state index is 0.0317. The molecule has 3 aromatic rings. The molecular formula is C20H21FN4O3S. The smallest absolute Gasteiger partial charge is 0.410 e. The molecule has 0 spiro atoms. The number of carbonyl (C=O) groups excluding carboxylic acids is 1. The quantitative estimate of drug-likeness (QED) is 0.693. The number of nitrogens with zero attached hydrogens (tertiary/aromatic N) is 3. The number of likely N-dealkylation sites (tertiary alicyclic amines) is 1. The third-order valence-electron chi connectivity index (χ3n) is 4.83. The molecule has 3 heterocycles. The Hall–Kier alpha value is -2.81. The number of amides is 1. The Morgan fingerprint density at radius 1 is 1.34 bits per heavy atom. The number of alkyl halides is 1. The van der Waals surface area contributed by atoms with Crippen molar-refractivity contribution >= 4 is 27.8 Å². The molecule has 1 N–H and O–H groups in total. The summed E-state index contributed by atoms with van der Waals surface area (Å²) < 4.78 is 19.7. The Labute approximate surface area is 170 Å². The van der Waals surface area contributed by atoms with Gasteiger partial charge in [-0.2, -0.15) is 0 Å². The molecule has 7 nitrogen and oxygen atoms in total. The number of carbonyl (C=O) groups is 1. The average Bonchev–Trinajstić information content (AvgIpc) is 3.33. The summed E-state index contributed by atoms with van der Waals surface area (Å²) in [6.07, 6.45) is 1.12. The number of ether oxygens (including phenoxy) is 1. The molecule has 1 atom stereocenters. The number of nitrogens with one attached hydrogen (secondary N) is 1. The highest BCUT2D eigenvalue weighted by molar-refractivity contribution is 7.18. The SMILES string of the molecule is CC(C)(F)c1nc2sc([C@H]3CCCN3C(=O)OCc3ccccc3)nc2c(=O)[nH]1. The van der Waals surface area contributed by atoms with Gasteiger partial charge in [0.25, 0.3) is 5.56 Å². The number of fused-ring (bicyclic) bond motifs is 1. The summed E-state index contributed by atoms with van der Waals surface area (Å²) >= 11 is 1.22. The zero-order valence-electron chi connectivity index (χ0n) is 16.1. The summed E-state index contributed by atoms with van der Waals surface area (Å²) in [5, 5.41) is 0.612. The van der Waals surface area contributed by atoms with Crippen LogP contribution in [0.4, 0.5) is 9.18 Å². The van der Waals surface area contributed by atoms with Crippen LogP contribution in [0.15, 0.2) is 35.1 Å². The second kappa shape index (κ2) is 7.55. The Balaban J connectivity index is 1.56. The fourth-order valence-electron chi connectivity index (χ4n) is 3.32. The third-order valence-corrected chi connectivity index (χ3v) is 5.88. The predicted molar refractivity (Wildman–Crippen MR) is 107 cm³/mol. The molecule has 0 aliphatic carbocycles. The normalized spacial score (nSPS) is 17.1. The topological polar surface area (TPSA) is 88.2 Å². The molecule has 0 saturated carbocycles. The van der Waals surface area contributed by atoms with E-state index >= 15 is 0 Å². The maximum atomic E-state index is 14.2. The molecule has 1 aliphatic rings. The first-order chi connectivity index (χ1) is 13.8. The van der Waals surface area contributed by atoms with E-state index in [-0.39, 0.29) is 24.0 Å². The van der Waals surface area contributed by atoms with Crippen LogP contribution in [0.2, 0.25) is 0 Å². The first kappa shape index (κ1) is 19.5. The summed E-state index contributed by atoms with van der Waals surface area (Å²) in [4.78, 5) is 38.1. The van der Waals surface area contributed by atoms with Crippen LogP contribution in [0, 0.1) is 0 Å². The lowest BCUT2D eigenvalue weighted by Gasteiger charge is -2.22. The molecule has 0 unspecified atom stereocenters. The van der Waals surface area contributed by atoms with Crippen molar-refractivity contribution in [2.75, 3.05) is 6.54 Å². The van der Waals surface area contributed by atoms with Gasteiger partial charge in [-0.3, -0.25) is 9.69 Å². The van der Waals surface area contributed by atoms with Crippen LogP contribution in [-0.4, -0.2) is 32.5 Å². The number of aromatic amines is 1. The predicted octanol–water partition coefficient (Wildman–Crippen LogP) is 4.06. The zero-order valence-corrected chi connectivity index (χ0v) is 17.0. The molecule has 9 heteroatoms. The van der Waals surface area contributed by atoms with Gasteiger partial charge in [0.15, 0.2) is 16.0 Å². The Kier molecular flexibility index (Phi) is 5.08. The van der Waals surface area contributed by atoms with Crippen molar-refractivity contribution in [2.24, 2.45) is 0 Å². The molecular weight excluding hydrogens is 395 g/mol. The van der Waals surface area contributed by atoms with Gasteiger partial charge in [0.2, 0.25) is 0 Å². The monoisotopic (exact) mass is 416 g/mol. The first-order valence-corrected chi connectivity index (χ1v) is 10.2. The minimum atomic E-state index is -1.77. The van der Waals surface area contributed by atoms with Gasteiger partial charge < -0.3 is 9.72 Å². The number of hydrogen-bond acceptors (Lipinski definition) is 6. The van der Waals surface area contributed by atoms with E-state index in [1.54, 1.807) is 4.90 Å². The zero-order chi connectivity index (χ0) is 20.6. The van der Waals surface area contributed by atoms with E-state index in [1.807, 2.05) is 30.3 Å². The van der Waals surface area contributed by atoms with Gasteiger partial charge in [0.1, 0.15) is 17.4 Å². The van der Waals surface area contributed by atoms with Crippen LogP contribution in [-0.2, 0) is 17.0 Å². The number of hydrogen-bond donors (Lipinski definition) is 1. The number of thiazole rings is 1. The molecule has 1 saturated heterocycles. The van der Waals surface area contributed by atoms with Crippen LogP contribution in [0.25, 0.3) is 10.3 Å². The molecule has 152 valence electrons. The molecule has 1 amide bonds. The van der Waals surface area contributed by atoms with Gasteiger partial charge in [-0.05, 0) is 32.3 Å². The molecule has 0 radical (unpaired) electrons. The molecule has 0 bridgehead atoms. The van der Waals surface area contributed by atoms with E-state index < -0.39 is 17.3 Å². The summed E-state index contributed by atoms with van der Waals surface area (Å²) in [5.74, 6) is -0.0317. The van der Waals surface area contributed by atoms with Gasteiger partial charge in [-0.1, -0.05) is 41.7 Å². The van der Waals surface area contributed by atoms with Crippen molar-refractivity contribution in [2.45, 2.75) is 45.0 Å². The minimum Gasteiger partial charge on any atom is -0.445 e. The Morgan fingerprint density at radius 3 is 2.83 bits per heavy atom. The fraction of sp³-hybridized carbons (Fsp3) is 0.400. The number of halogens is 1. The summed E-state index contributed by atoms with van der Waals surface area (Å²) in [7, 11) is 0. The highest BCUT2D eigenvalue weighted by atomic mass is 32.1. The van der Waals surface area contributed by atoms with E-state index in [1.165, 1.54) is 25.2 Å². The Bertz CT molecular complexity index is 1090. The standard InChI is InChI=1S/C20H21FN4O3S/c1-20(2,21)18-23-15(26)14-17(24-18)29-16(22-14)13-9-6-10-25(13)19(27)28-11-12-7-4-3-5-8-12/h3-5,7-8,13H,6,9-11H2,1-2H3,(H,23,24,26)/t13-/m1/s1.